The molecule has 0 saturated heterocycles. The first-order valence-electron chi connectivity index (χ1n) is 10.8. The molecule has 3 aromatic rings. The smallest absolute Gasteiger partial charge is 0.255 e. The third-order valence-electron chi connectivity index (χ3n) is 4.88. The van der Waals surface area contributed by atoms with Crippen LogP contribution in [0.5, 0.6) is 28.9 Å². The summed E-state index contributed by atoms with van der Waals surface area (Å²) < 4.78 is 22.1. The average molecular weight is 477 g/mol. The molecule has 0 aliphatic heterocycles. The first-order valence-corrected chi connectivity index (χ1v) is 10.8. The Labute approximate surface area is 206 Å². The fourth-order valence-corrected chi connectivity index (χ4v) is 3.14. The Bertz CT molecular complexity index is 1150. The Balaban J connectivity index is 1.84. The van der Waals surface area contributed by atoms with E-state index in [2.05, 4.69) is 20.6 Å². The van der Waals surface area contributed by atoms with Crippen LogP contribution < -0.4 is 35.0 Å². The van der Waals surface area contributed by atoms with Crippen molar-refractivity contribution in [2.75, 3.05) is 53.8 Å². The van der Waals surface area contributed by atoms with Gasteiger partial charge in [-0.2, -0.15) is 4.98 Å². The summed E-state index contributed by atoms with van der Waals surface area (Å²) >= 11 is 0. The van der Waals surface area contributed by atoms with Crippen LogP contribution in [-0.4, -0.2) is 77.1 Å². The number of aromatic nitrogens is 2. The molecule has 3 rings (SSSR count). The molecule has 0 saturated carbocycles. The highest BCUT2D eigenvalue weighted by Gasteiger charge is 2.16. The number of carbonyl (C=O) groups excluding carboxylic acids is 1. The number of benzene rings is 2. The number of ether oxygens (including phenoxy) is 4. The van der Waals surface area contributed by atoms with E-state index >= 15 is 0 Å². The van der Waals surface area contributed by atoms with Crippen LogP contribution in [0.15, 0.2) is 42.6 Å². The second kappa shape index (κ2) is 11.9. The molecule has 0 aliphatic rings. The van der Waals surface area contributed by atoms with E-state index in [1.54, 1.807) is 36.4 Å². The lowest BCUT2D eigenvalue weighted by atomic mass is 10.00. The summed E-state index contributed by atoms with van der Waals surface area (Å²) in [5.41, 5.74) is 1.17. The summed E-state index contributed by atoms with van der Waals surface area (Å²) in [5, 5.41) is 5.95. The summed E-state index contributed by atoms with van der Waals surface area (Å²) in [6.45, 7) is 1.21. The van der Waals surface area contributed by atoms with Crippen molar-refractivity contribution in [2.45, 2.75) is 0 Å². The van der Waals surface area contributed by atoms with Gasteiger partial charge in [0.2, 0.25) is 17.6 Å². The van der Waals surface area contributed by atoms with Crippen molar-refractivity contribution >= 4 is 30.9 Å². The quantitative estimate of drug-likeness (QED) is 0.402. The van der Waals surface area contributed by atoms with Gasteiger partial charge < -0.3 is 34.5 Å². The van der Waals surface area contributed by atoms with E-state index in [-0.39, 0.29) is 23.2 Å². The van der Waals surface area contributed by atoms with Gasteiger partial charge in [-0.25, -0.2) is 4.98 Å². The van der Waals surface area contributed by atoms with Crippen LogP contribution in [0.2, 0.25) is 0 Å². The monoisotopic (exact) mass is 477 g/mol. The molecule has 0 unspecified atom stereocenters. The van der Waals surface area contributed by atoms with E-state index in [4.69, 9.17) is 26.8 Å². The van der Waals surface area contributed by atoms with E-state index in [0.717, 1.165) is 0 Å². The van der Waals surface area contributed by atoms with Crippen LogP contribution in [0.1, 0.15) is 10.4 Å². The largest absolute Gasteiger partial charge is 0.493 e. The van der Waals surface area contributed by atoms with E-state index in [0.29, 0.717) is 47.3 Å². The van der Waals surface area contributed by atoms with E-state index in [1.165, 1.54) is 27.5 Å². The summed E-state index contributed by atoms with van der Waals surface area (Å²) in [4.78, 5) is 23.3. The molecule has 1 heterocycles. The number of methoxy groups -OCH3 is 3. The van der Waals surface area contributed by atoms with E-state index < -0.39 is 0 Å². The first-order chi connectivity index (χ1) is 16.9. The lowest BCUT2D eigenvalue weighted by Crippen LogP contribution is -2.31. The maximum atomic E-state index is 12.7. The number of likely N-dealkylation sites (N-methyl/N-ethyl adjacent to an activating group) is 1. The molecule has 1 amide bonds. The number of nitrogens with one attached hydrogen (secondary N) is 2. The molecule has 35 heavy (non-hydrogen) atoms. The number of anilines is 2. The average Bonchev–Trinajstić information content (AvgIpc) is 2.85. The summed E-state index contributed by atoms with van der Waals surface area (Å²) in [7, 11) is 14.5. The fourth-order valence-electron chi connectivity index (χ4n) is 3.14. The maximum absolute atomic E-state index is 12.7. The van der Waals surface area contributed by atoms with Crippen molar-refractivity contribution in [2.24, 2.45) is 0 Å². The van der Waals surface area contributed by atoms with Crippen LogP contribution in [0.4, 0.5) is 11.6 Å². The van der Waals surface area contributed by atoms with Crippen LogP contribution in [-0.2, 0) is 0 Å². The van der Waals surface area contributed by atoms with Gasteiger partial charge in [0.25, 0.3) is 5.91 Å². The van der Waals surface area contributed by atoms with Gasteiger partial charge in [-0.1, -0.05) is 12.1 Å². The highest BCUT2D eigenvalue weighted by Crippen LogP contribution is 2.40. The van der Waals surface area contributed by atoms with Gasteiger partial charge in [0.1, 0.15) is 13.6 Å². The number of amides is 1. The lowest BCUT2D eigenvalue weighted by molar-refractivity contribution is 0.0948. The highest BCUT2D eigenvalue weighted by molar-refractivity contribution is 6.33. The van der Waals surface area contributed by atoms with Crippen LogP contribution >= 0.6 is 0 Å². The van der Waals surface area contributed by atoms with Gasteiger partial charge in [-0.3, -0.25) is 4.79 Å². The summed E-state index contributed by atoms with van der Waals surface area (Å²) in [6.07, 6.45) is 1.42. The normalized spacial score (nSPS) is 10.6. The van der Waals surface area contributed by atoms with Gasteiger partial charge >= 0.3 is 0 Å². The fraction of sp³-hybridized carbons (Fsp3) is 0.292. The number of carbonyl (C=O) groups is 1. The van der Waals surface area contributed by atoms with Crippen molar-refractivity contribution in [3.05, 3.63) is 48.2 Å². The molecule has 0 atom stereocenters. The summed E-state index contributed by atoms with van der Waals surface area (Å²) in [6, 6.07) is 10.3. The Hall–Kier alpha value is -3.99. The number of para-hydroxylation sites is 1. The van der Waals surface area contributed by atoms with Gasteiger partial charge in [0.15, 0.2) is 11.5 Å². The lowest BCUT2D eigenvalue weighted by Gasteiger charge is -2.16. The van der Waals surface area contributed by atoms with Gasteiger partial charge in [0.05, 0.1) is 26.9 Å². The number of rotatable bonds is 11. The van der Waals surface area contributed by atoms with Gasteiger partial charge in [-0.15, -0.1) is 0 Å². The molecular formula is C24H28BN5O5. The minimum absolute atomic E-state index is 0.100. The van der Waals surface area contributed by atoms with Crippen LogP contribution in [0, 0.1) is 0 Å². The Morgan fingerprint density at radius 3 is 2.34 bits per heavy atom. The predicted octanol–water partition coefficient (Wildman–Crippen LogP) is 2.12. The van der Waals surface area contributed by atoms with Crippen molar-refractivity contribution in [1.29, 1.82) is 0 Å². The standard InChI is InChI=1S/C24H28BN5O5/c1-30(2)11-10-26-22(31)16-8-6-7-9-18(16)35-23-17(25)14-27-24(29-23)28-15-12-19(32-3)21(34-5)20(13-15)33-4/h6-9,12-14H,10-11H2,1-5H3,(H,26,31)(H,27,28,29). The molecule has 0 fully saturated rings. The molecule has 2 radical (unpaired) electrons. The molecule has 10 nitrogen and oxygen atoms in total. The zero-order chi connectivity index (χ0) is 25.4. The van der Waals surface area contributed by atoms with E-state index in [9.17, 15) is 4.79 Å². The number of nitrogens with zero attached hydrogens (tertiary/aromatic N) is 3. The predicted molar refractivity (Wildman–Crippen MR) is 134 cm³/mol. The SMILES string of the molecule is [B]c1cnc(Nc2cc(OC)c(OC)c(OC)c2)nc1Oc1ccccc1C(=O)NCCN(C)C. The topological polar surface area (TPSA) is 107 Å². The van der Waals surface area contributed by atoms with Crippen LogP contribution in [0.3, 0.4) is 0 Å². The van der Waals surface area contributed by atoms with Crippen molar-refractivity contribution in [3.63, 3.8) is 0 Å². The first kappa shape index (κ1) is 25.6. The van der Waals surface area contributed by atoms with Crippen molar-refractivity contribution in [1.82, 2.24) is 20.2 Å². The number of hydrogen-bond donors (Lipinski definition) is 2. The highest BCUT2D eigenvalue weighted by atomic mass is 16.5. The molecule has 11 heteroatoms. The zero-order valence-electron chi connectivity index (χ0n) is 20.4. The maximum Gasteiger partial charge on any atom is 0.255 e. The minimum Gasteiger partial charge on any atom is -0.493 e. The second-order valence-electron chi connectivity index (χ2n) is 7.65. The zero-order valence-corrected chi connectivity index (χ0v) is 20.4. The van der Waals surface area contributed by atoms with Gasteiger partial charge in [-0.05, 0) is 31.7 Å². The minimum atomic E-state index is -0.258. The van der Waals surface area contributed by atoms with E-state index in [1.807, 2.05) is 19.0 Å². The third kappa shape index (κ3) is 6.54. The van der Waals surface area contributed by atoms with Gasteiger partial charge in [0, 0.05) is 37.1 Å². The second-order valence-corrected chi connectivity index (χ2v) is 7.65. The van der Waals surface area contributed by atoms with Crippen molar-refractivity contribution < 1.29 is 23.7 Å². The molecule has 182 valence electrons. The Morgan fingerprint density at radius 2 is 1.71 bits per heavy atom. The molecule has 0 bridgehead atoms. The molecule has 2 N–H and O–H groups in total. The van der Waals surface area contributed by atoms with Crippen LogP contribution in [0.25, 0.3) is 0 Å². The molecule has 1 aromatic heterocycles. The third-order valence-corrected chi connectivity index (χ3v) is 4.88. The number of hydrogen-bond acceptors (Lipinski definition) is 9. The molecule has 0 spiro atoms. The Kier molecular flexibility index (Phi) is 8.74. The molecule has 2 aromatic carbocycles. The summed E-state index contributed by atoms with van der Waals surface area (Å²) in [5.74, 6) is 1.78. The molecule has 0 aliphatic carbocycles. The van der Waals surface area contributed by atoms with Crippen molar-refractivity contribution in [3.8, 4) is 28.9 Å². The Morgan fingerprint density at radius 1 is 1.03 bits per heavy atom. The molecular weight excluding hydrogens is 449 g/mol.